The molecule has 126 valence electrons. The first kappa shape index (κ1) is 19.1. The molecule has 6 atom stereocenters. The first-order chi connectivity index (χ1) is 9.92. The molecule has 0 saturated carbocycles. The van der Waals surface area contributed by atoms with Gasteiger partial charge in [0.1, 0.15) is 29.9 Å². The summed E-state index contributed by atoms with van der Waals surface area (Å²) in [7, 11) is 0. The minimum absolute atomic E-state index is 0.210. The van der Waals surface area contributed by atoms with Gasteiger partial charge in [-0.2, -0.15) is 0 Å². The van der Waals surface area contributed by atoms with Crippen LogP contribution in [0.4, 0.5) is 0 Å². The van der Waals surface area contributed by atoms with Crippen LogP contribution in [0.1, 0.15) is 20.8 Å². The van der Waals surface area contributed by atoms with Crippen molar-refractivity contribution in [3.8, 4) is 0 Å². The molecular weight excluding hydrogens is 300 g/mol. The molecule has 1 aliphatic heterocycles. The van der Waals surface area contributed by atoms with Gasteiger partial charge in [-0.25, -0.2) is 0 Å². The third-order valence-corrected chi connectivity index (χ3v) is 4.47. The van der Waals surface area contributed by atoms with Gasteiger partial charge >= 0.3 is 0 Å². The lowest BCUT2D eigenvalue weighted by Crippen LogP contribution is -2.55. The van der Waals surface area contributed by atoms with Crippen LogP contribution in [0.5, 0.6) is 0 Å². The largest absolute Gasteiger partial charge is 0.388 e. The molecule has 21 heavy (non-hydrogen) atoms. The van der Waals surface area contributed by atoms with E-state index in [9.17, 15) is 20.4 Å². The van der Waals surface area contributed by atoms with Gasteiger partial charge in [0.25, 0.3) is 0 Å². The Morgan fingerprint density at radius 3 is 2.14 bits per heavy atom. The van der Waals surface area contributed by atoms with Crippen molar-refractivity contribution in [2.24, 2.45) is 0 Å². The zero-order chi connectivity index (χ0) is 16.0. The van der Waals surface area contributed by atoms with Gasteiger partial charge in [-0.15, -0.1) is 11.8 Å². The van der Waals surface area contributed by atoms with Crippen molar-refractivity contribution in [1.82, 2.24) is 0 Å². The van der Waals surface area contributed by atoms with Gasteiger partial charge in [-0.3, -0.25) is 0 Å². The van der Waals surface area contributed by atoms with Gasteiger partial charge in [0.2, 0.25) is 0 Å². The van der Waals surface area contributed by atoms with Gasteiger partial charge in [0.05, 0.1) is 6.10 Å². The van der Waals surface area contributed by atoms with E-state index < -0.39 is 42.2 Å². The lowest BCUT2D eigenvalue weighted by atomic mass is 10.0. The van der Waals surface area contributed by atoms with Gasteiger partial charge < -0.3 is 34.6 Å². The van der Waals surface area contributed by atoms with Crippen molar-refractivity contribution in [2.45, 2.75) is 63.0 Å². The number of hydrogen-bond donors (Lipinski definition) is 4. The van der Waals surface area contributed by atoms with Crippen LogP contribution in [0.2, 0.25) is 0 Å². The monoisotopic (exact) mass is 326 g/mol. The molecule has 0 aromatic rings. The third kappa shape index (κ3) is 5.33. The number of hydrogen-bond acceptors (Lipinski definition) is 8. The number of thioether (sulfide) groups is 1. The molecule has 1 heterocycles. The molecule has 1 aliphatic rings. The summed E-state index contributed by atoms with van der Waals surface area (Å²) in [6.07, 6.45) is -5.82. The molecule has 1 fully saturated rings. The third-order valence-electron chi connectivity index (χ3n) is 3.22. The molecule has 4 N–H and O–H groups in total. The van der Waals surface area contributed by atoms with Crippen LogP contribution in [0.3, 0.4) is 0 Å². The van der Waals surface area contributed by atoms with Crippen LogP contribution < -0.4 is 0 Å². The summed E-state index contributed by atoms with van der Waals surface area (Å²) in [4.78, 5) is 0. The summed E-state index contributed by atoms with van der Waals surface area (Å²) in [5.41, 5.74) is -0.725. The molecule has 0 spiro atoms. The molecule has 6 unspecified atom stereocenters. The average Bonchev–Trinajstić information content (AvgIpc) is 2.47. The van der Waals surface area contributed by atoms with E-state index in [2.05, 4.69) is 0 Å². The second-order valence-electron chi connectivity index (χ2n) is 4.86. The van der Waals surface area contributed by atoms with Crippen LogP contribution in [0.25, 0.3) is 0 Å². The lowest BCUT2D eigenvalue weighted by Gasteiger charge is -2.39. The molecule has 0 aromatic carbocycles. The van der Waals surface area contributed by atoms with Crippen LogP contribution >= 0.6 is 11.8 Å². The second-order valence-corrected chi connectivity index (χ2v) is 5.99. The fraction of sp³-hybridized carbons (Fsp3) is 1.00. The fourth-order valence-corrected chi connectivity index (χ4v) is 3.18. The molecule has 0 radical (unpaired) electrons. The summed E-state index contributed by atoms with van der Waals surface area (Å²) < 4.78 is 16.0. The first-order valence-electron chi connectivity index (χ1n) is 7.14. The Labute approximate surface area is 129 Å². The standard InChI is InChI=1S/C13H26O7S/c1-4-18-12(19-5-2)8(14)6-21-13-11(17)10(16)9(15)7(3)20-13/h7-17H,4-6H2,1-3H3. The van der Waals surface area contributed by atoms with Crippen LogP contribution in [-0.2, 0) is 14.2 Å². The number of ether oxygens (including phenoxy) is 3. The minimum Gasteiger partial charge on any atom is -0.388 e. The molecule has 0 aliphatic carbocycles. The van der Waals surface area contributed by atoms with Gasteiger partial charge in [-0.05, 0) is 20.8 Å². The predicted molar refractivity (Wildman–Crippen MR) is 77.9 cm³/mol. The highest BCUT2D eigenvalue weighted by Crippen LogP contribution is 2.29. The van der Waals surface area contributed by atoms with E-state index in [0.29, 0.717) is 13.2 Å². The number of aliphatic hydroxyl groups is 4. The van der Waals surface area contributed by atoms with E-state index in [1.165, 1.54) is 0 Å². The zero-order valence-electron chi connectivity index (χ0n) is 12.6. The summed E-state index contributed by atoms with van der Waals surface area (Å²) in [5, 5.41) is 39.3. The molecule has 1 saturated heterocycles. The Morgan fingerprint density at radius 1 is 1.05 bits per heavy atom. The lowest BCUT2D eigenvalue weighted by molar-refractivity contribution is -0.193. The maximum absolute atomic E-state index is 10.1. The van der Waals surface area contributed by atoms with Crippen molar-refractivity contribution in [2.75, 3.05) is 19.0 Å². The predicted octanol–water partition coefficient (Wildman–Crippen LogP) is -0.693. The molecule has 0 bridgehead atoms. The Hall–Kier alpha value is 0.0700. The van der Waals surface area contributed by atoms with Crippen LogP contribution in [-0.4, -0.2) is 81.6 Å². The van der Waals surface area contributed by atoms with Crippen molar-refractivity contribution in [1.29, 1.82) is 0 Å². The van der Waals surface area contributed by atoms with Crippen molar-refractivity contribution in [3.05, 3.63) is 0 Å². The highest BCUT2D eigenvalue weighted by molar-refractivity contribution is 7.99. The summed E-state index contributed by atoms with van der Waals surface area (Å²) in [5.74, 6) is 0.210. The van der Waals surface area contributed by atoms with Crippen LogP contribution in [0, 0.1) is 0 Å². The van der Waals surface area contributed by atoms with E-state index >= 15 is 0 Å². The first-order valence-corrected chi connectivity index (χ1v) is 8.19. The Kier molecular flexibility index (Phi) is 8.43. The molecule has 7 nitrogen and oxygen atoms in total. The summed E-state index contributed by atoms with van der Waals surface area (Å²) >= 11 is 1.15. The van der Waals surface area contributed by atoms with E-state index in [1.807, 2.05) is 0 Å². The molecule has 8 heteroatoms. The SMILES string of the molecule is CCOC(OCC)C(O)CSC1OC(C)C(O)C(O)C1O. The van der Waals surface area contributed by atoms with Crippen molar-refractivity contribution in [3.63, 3.8) is 0 Å². The molecule has 1 rings (SSSR count). The maximum Gasteiger partial charge on any atom is 0.184 e. The van der Waals surface area contributed by atoms with E-state index in [0.717, 1.165) is 11.8 Å². The smallest absolute Gasteiger partial charge is 0.184 e. The van der Waals surface area contributed by atoms with Gasteiger partial charge in [-0.1, -0.05) is 0 Å². The number of aliphatic hydroxyl groups excluding tert-OH is 4. The molecule has 0 amide bonds. The van der Waals surface area contributed by atoms with Crippen molar-refractivity contribution >= 4 is 11.8 Å². The maximum atomic E-state index is 10.1. The number of rotatable bonds is 8. The zero-order valence-corrected chi connectivity index (χ0v) is 13.4. The normalized spacial score (nSPS) is 35.1. The van der Waals surface area contributed by atoms with E-state index in [-0.39, 0.29) is 5.75 Å². The summed E-state index contributed by atoms with van der Waals surface area (Å²) in [6.45, 7) is 6.05. The van der Waals surface area contributed by atoms with Crippen molar-refractivity contribution < 1.29 is 34.6 Å². The Balaban J connectivity index is 2.49. The Morgan fingerprint density at radius 2 is 1.62 bits per heavy atom. The quantitative estimate of drug-likeness (QED) is 0.434. The van der Waals surface area contributed by atoms with E-state index in [1.54, 1.807) is 20.8 Å². The second kappa shape index (κ2) is 9.26. The van der Waals surface area contributed by atoms with E-state index in [4.69, 9.17) is 14.2 Å². The molecule has 0 aromatic heterocycles. The highest BCUT2D eigenvalue weighted by atomic mass is 32.2. The van der Waals surface area contributed by atoms with Crippen LogP contribution in [0.15, 0.2) is 0 Å². The minimum atomic E-state index is -1.27. The fourth-order valence-electron chi connectivity index (χ4n) is 2.02. The average molecular weight is 326 g/mol. The Bertz CT molecular complexity index is 288. The molecular formula is C13H26O7S. The van der Waals surface area contributed by atoms with Gasteiger partial charge in [0, 0.05) is 19.0 Å². The van der Waals surface area contributed by atoms with Gasteiger partial charge in [0.15, 0.2) is 6.29 Å². The highest BCUT2D eigenvalue weighted by Gasteiger charge is 2.42. The summed E-state index contributed by atoms with van der Waals surface area (Å²) in [6, 6.07) is 0. The topological polar surface area (TPSA) is 109 Å².